The minimum Gasteiger partial charge on any atom is -0.348 e. The predicted octanol–water partition coefficient (Wildman–Crippen LogP) is 2.73. The highest BCUT2D eigenvalue weighted by molar-refractivity contribution is 5.76. The number of nitrogens with one attached hydrogen (secondary N) is 2. The van der Waals surface area contributed by atoms with E-state index < -0.39 is 11.9 Å². The van der Waals surface area contributed by atoms with Crippen LogP contribution in [-0.2, 0) is 30.5 Å². The molecule has 1 amide bonds. The summed E-state index contributed by atoms with van der Waals surface area (Å²) < 4.78 is 40.8. The molecule has 0 saturated carbocycles. The molecule has 0 bridgehead atoms. The van der Waals surface area contributed by atoms with Crippen LogP contribution in [0.3, 0.4) is 0 Å². The van der Waals surface area contributed by atoms with Crippen molar-refractivity contribution in [2.45, 2.75) is 45.6 Å². The minimum atomic E-state index is -4.53. The number of rotatable bonds is 4. The van der Waals surface area contributed by atoms with Crippen LogP contribution < -0.4 is 10.6 Å². The highest BCUT2D eigenvalue weighted by atomic mass is 19.4. The SMILES string of the molecule is Cc1ccc(C(C)NC(=O)Cn2nc(C(F)(F)F)c3c2CCNC3)cc1. The van der Waals surface area contributed by atoms with E-state index in [1.807, 2.05) is 38.1 Å². The van der Waals surface area contributed by atoms with E-state index in [4.69, 9.17) is 0 Å². The van der Waals surface area contributed by atoms with Gasteiger partial charge in [-0.3, -0.25) is 9.48 Å². The van der Waals surface area contributed by atoms with Crippen LogP contribution in [0.15, 0.2) is 24.3 Å². The first-order chi connectivity index (χ1) is 12.3. The van der Waals surface area contributed by atoms with E-state index in [2.05, 4.69) is 15.7 Å². The molecule has 0 radical (unpaired) electrons. The number of aromatic nitrogens is 2. The van der Waals surface area contributed by atoms with E-state index in [0.717, 1.165) is 11.1 Å². The van der Waals surface area contributed by atoms with Gasteiger partial charge in [0.1, 0.15) is 6.54 Å². The molecule has 1 unspecified atom stereocenters. The Morgan fingerprint density at radius 3 is 2.69 bits per heavy atom. The third kappa shape index (κ3) is 3.90. The van der Waals surface area contributed by atoms with E-state index in [0.29, 0.717) is 18.7 Å². The molecular weight excluding hydrogens is 345 g/mol. The number of alkyl halides is 3. The second kappa shape index (κ2) is 7.11. The number of carbonyl (C=O) groups excluding carboxylic acids is 1. The fraction of sp³-hybridized carbons (Fsp3) is 0.444. The van der Waals surface area contributed by atoms with Crippen LogP contribution in [0.4, 0.5) is 13.2 Å². The number of amides is 1. The smallest absolute Gasteiger partial charge is 0.348 e. The molecule has 1 aromatic heterocycles. The Labute approximate surface area is 149 Å². The fourth-order valence-corrected chi connectivity index (χ4v) is 3.14. The van der Waals surface area contributed by atoms with Gasteiger partial charge in [0.25, 0.3) is 0 Å². The molecule has 0 fully saturated rings. The van der Waals surface area contributed by atoms with E-state index >= 15 is 0 Å². The number of benzene rings is 1. The van der Waals surface area contributed by atoms with Crippen molar-refractivity contribution >= 4 is 5.91 Å². The molecule has 0 spiro atoms. The summed E-state index contributed by atoms with van der Waals surface area (Å²) in [5.74, 6) is -0.365. The minimum absolute atomic E-state index is 0.117. The molecule has 3 rings (SSSR count). The van der Waals surface area contributed by atoms with Crippen LogP contribution in [0.5, 0.6) is 0 Å². The Bertz CT molecular complexity index is 796. The molecule has 1 atom stereocenters. The van der Waals surface area contributed by atoms with E-state index in [1.54, 1.807) is 0 Å². The highest BCUT2D eigenvalue weighted by Crippen LogP contribution is 2.33. The lowest BCUT2D eigenvalue weighted by molar-refractivity contribution is -0.142. The van der Waals surface area contributed by atoms with Crippen molar-refractivity contribution < 1.29 is 18.0 Å². The van der Waals surface area contributed by atoms with Gasteiger partial charge < -0.3 is 10.6 Å². The van der Waals surface area contributed by atoms with Crippen molar-refractivity contribution in [1.29, 1.82) is 0 Å². The number of halogens is 3. The Balaban J connectivity index is 1.75. The number of hydrogen-bond donors (Lipinski definition) is 2. The number of carbonyl (C=O) groups is 1. The van der Waals surface area contributed by atoms with Gasteiger partial charge in [-0.1, -0.05) is 29.8 Å². The van der Waals surface area contributed by atoms with E-state index in [1.165, 1.54) is 4.68 Å². The van der Waals surface area contributed by atoms with Gasteiger partial charge in [0, 0.05) is 30.8 Å². The molecule has 1 aromatic carbocycles. The normalized spacial score (nSPS) is 15.4. The van der Waals surface area contributed by atoms with Crippen LogP contribution in [0.1, 0.15) is 41.0 Å². The molecule has 26 heavy (non-hydrogen) atoms. The lowest BCUT2D eigenvalue weighted by Crippen LogP contribution is -2.32. The second-order valence-electron chi connectivity index (χ2n) is 6.56. The van der Waals surface area contributed by atoms with Gasteiger partial charge >= 0.3 is 6.18 Å². The van der Waals surface area contributed by atoms with Gasteiger partial charge in [0.05, 0.1) is 6.04 Å². The summed E-state index contributed by atoms with van der Waals surface area (Å²) in [6, 6.07) is 7.50. The molecule has 0 aliphatic carbocycles. The number of nitrogens with zero attached hydrogens (tertiary/aromatic N) is 2. The molecule has 2 aromatic rings. The fourth-order valence-electron chi connectivity index (χ4n) is 3.14. The number of aryl methyl sites for hydroxylation is 1. The summed E-state index contributed by atoms with van der Waals surface area (Å²) in [4.78, 5) is 12.3. The molecule has 5 nitrogen and oxygen atoms in total. The quantitative estimate of drug-likeness (QED) is 0.875. The van der Waals surface area contributed by atoms with Crippen LogP contribution in [0.25, 0.3) is 0 Å². The maximum absolute atomic E-state index is 13.2. The molecule has 0 saturated heterocycles. The lowest BCUT2D eigenvalue weighted by Gasteiger charge is -2.17. The van der Waals surface area contributed by atoms with Crippen molar-refractivity contribution in [3.8, 4) is 0 Å². The van der Waals surface area contributed by atoms with Crippen LogP contribution in [-0.4, -0.2) is 22.2 Å². The summed E-state index contributed by atoms with van der Waals surface area (Å²) in [7, 11) is 0. The first kappa shape index (κ1) is 18.4. The maximum atomic E-state index is 13.2. The van der Waals surface area contributed by atoms with Gasteiger partial charge in [-0.05, 0) is 19.4 Å². The monoisotopic (exact) mass is 366 g/mol. The third-order valence-corrected chi connectivity index (χ3v) is 4.52. The summed E-state index contributed by atoms with van der Waals surface area (Å²) >= 11 is 0. The zero-order valence-corrected chi connectivity index (χ0v) is 14.7. The number of fused-ring (bicyclic) bond motifs is 1. The Morgan fingerprint density at radius 2 is 2.04 bits per heavy atom. The molecule has 1 aliphatic heterocycles. The predicted molar refractivity (Wildman–Crippen MR) is 90.4 cm³/mol. The second-order valence-corrected chi connectivity index (χ2v) is 6.56. The van der Waals surface area contributed by atoms with Crippen LogP contribution in [0.2, 0.25) is 0 Å². The summed E-state index contributed by atoms with van der Waals surface area (Å²) in [5.41, 5.74) is 1.77. The topological polar surface area (TPSA) is 59.0 Å². The molecule has 2 N–H and O–H groups in total. The average Bonchev–Trinajstić information content (AvgIpc) is 2.94. The van der Waals surface area contributed by atoms with Crippen LogP contribution in [0, 0.1) is 6.92 Å². The first-order valence-electron chi connectivity index (χ1n) is 8.48. The first-order valence-corrected chi connectivity index (χ1v) is 8.48. The Kier molecular flexibility index (Phi) is 5.04. The van der Waals surface area contributed by atoms with Gasteiger partial charge in [0.2, 0.25) is 5.91 Å². The average molecular weight is 366 g/mol. The zero-order valence-electron chi connectivity index (χ0n) is 14.7. The summed E-state index contributed by atoms with van der Waals surface area (Å²) in [6.07, 6.45) is -4.11. The Morgan fingerprint density at radius 1 is 1.35 bits per heavy atom. The third-order valence-electron chi connectivity index (χ3n) is 4.52. The maximum Gasteiger partial charge on any atom is 0.435 e. The molecular formula is C18H21F3N4O. The number of hydrogen-bond acceptors (Lipinski definition) is 3. The molecule has 140 valence electrons. The van der Waals surface area contributed by atoms with Crippen LogP contribution >= 0.6 is 0 Å². The van der Waals surface area contributed by atoms with E-state index in [-0.39, 0.29) is 30.6 Å². The van der Waals surface area contributed by atoms with Gasteiger partial charge in [0.15, 0.2) is 5.69 Å². The largest absolute Gasteiger partial charge is 0.435 e. The summed E-state index contributed by atoms with van der Waals surface area (Å²) in [5, 5.41) is 9.43. The Hall–Kier alpha value is -2.35. The van der Waals surface area contributed by atoms with Crippen molar-refractivity contribution in [3.05, 3.63) is 52.3 Å². The molecule has 8 heteroatoms. The molecule has 1 aliphatic rings. The standard InChI is InChI=1S/C18H21F3N4O/c1-11-3-5-13(6-4-11)12(2)23-16(26)10-25-15-7-8-22-9-14(15)17(24-25)18(19,20)21/h3-6,12,22H,7-10H2,1-2H3,(H,23,26). The van der Waals surface area contributed by atoms with E-state index in [9.17, 15) is 18.0 Å². The molecule has 2 heterocycles. The zero-order chi connectivity index (χ0) is 18.9. The van der Waals surface area contributed by atoms with Crippen molar-refractivity contribution in [2.24, 2.45) is 0 Å². The van der Waals surface area contributed by atoms with Gasteiger partial charge in [-0.15, -0.1) is 0 Å². The van der Waals surface area contributed by atoms with Gasteiger partial charge in [-0.25, -0.2) is 0 Å². The van der Waals surface area contributed by atoms with Gasteiger partial charge in [-0.2, -0.15) is 18.3 Å². The highest BCUT2D eigenvalue weighted by Gasteiger charge is 2.39. The van der Waals surface area contributed by atoms with Crippen molar-refractivity contribution in [3.63, 3.8) is 0 Å². The lowest BCUT2D eigenvalue weighted by atomic mass is 10.1. The summed E-state index contributed by atoms with van der Waals surface area (Å²) in [6.45, 7) is 4.27. The van der Waals surface area contributed by atoms with Crippen molar-refractivity contribution in [2.75, 3.05) is 6.54 Å². The van der Waals surface area contributed by atoms with Crippen molar-refractivity contribution in [1.82, 2.24) is 20.4 Å².